The Kier molecular flexibility index (Phi) is 5.12. The summed E-state index contributed by atoms with van der Waals surface area (Å²) in [4.78, 5) is 20.9. The molecule has 1 amide bonds. The molecular formula is C20H18F2N4O. The molecule has 0 aliphatic rings. The first-order valence-corrected chi connectivity index (χ1v) is 8.29. The lowest BCUT2D eigenvalue weighted by Gasteiger charge is -2.11. The van der Waals surface area contributed by atoms with Gasteiger partial charge in [0.25, 0.3) is 5.91 Å². The van der Waals surface area contributed by atoms with Gasteiger partial charge in [-0.2, -0.15) is 0 Å². The molecule has 2 N–H and O–H groups in total. The molecule has 0 bridgehead atoms. The van der Waals surface area contributed by atoms with Crippen LogP contribution in [0, 0.1) is 32.4 Å². The average Bonchev–Trinajstić information content (AvgIpc) is 2.60. The molecule has 138 valence electrons. The lowest BCUT2D eigenvalue weighted by molar-refractivity contribution is 0.102. The van der Waals surface area contributed by atoms with Gasteiger partial charge in [-0.3, -0.25) is 4.79 Å². The SMILES string of the molecule is Cc1ccc(Nc2nc(C)cc(C(=O)Nc3c(F)cccc3F)n2)c(C)c1. The first kappa shape index (κ1) is 18.4. The van der Waals surface area contributed by atoms with Crippen molar-refractivity contribution in [2.24, 2.45) is 0 Å². The Balaban J connectivity index is 1.87. The summed E-state index contributed by atoms with van der Waals surface area (Å²) in [5, 5.41) is 5.30. The van der Waals surface area contributed by atoms with Crippen molar-refractivity contribution in [3.05, 3.63) is 76.6 Å². The predicted octanol–water partition coefficient (Wildman–Crippen LogP) is 4.68. The van der Waals surface area contributed by atoms with E-state index >= 15 is 0 Å². The Bertz CT molecular complexity index is 1000. The molecule has 3 rings (SSSR count). The van der Waals surface area contributed by atoms with E-state index in [4.69, 9.17) is 0 Å². The molecule has 1 aromatic heterocycles. The molecule has 0 aliphatic heterocycles. The van der Waals surface area contributed by atoms with Crippen LogP contribution in [0.1, 0.15) is 27.3 Å². The Labute approximate surface area is 155 Å². The molecule has 27 heavy (non-hydrogen) atoms. The first-order chi connectivity index (χ1) is 12.8. The Hall–Kier alpha value is -3.35. The number of hydrogen-bond donors (Lipinski definition) is 2. The maximum atomic E-state index is 13.7. The number of carbonyl (C=O) groups is 1. The molecule has 0 atom stereocenters. The molecule has 0 saturated heterocycles. The third-order valence-corrected chi connectivity index (χ3v) is 3.92. The van der Waals surface area contributed by atoms with Gasteiger partial charge < -0.3 is 10.6 Å². The molecule has 1 heterocycles. The Morgan fingerprint density at radius 2 is 1.67 bits per heavy atom. The van der Waals surface area contributed by atoms with Crippen molar-refractivity contribution in [2.45, 2.75) is 20.8 Å². The molecule has 5 nitrogen and oxygen atoms in total. The van der Waals surface area contributed by atoms with E-state index < -0.39 is 23.2 Å². The second-order valence-electron chi connectivity index (χ2n) is 6.21. The summed E-state index contributed by atoms with van der Waals surface area (Å²) >= 11 is 0. The van der Waals surface area contributed by atoms with Crippen molar-refractivity contribution in [1.29, 1.82) is 0 Å². The maximum absolute atomic E-state index is 13.7. The highest BCUT2D eigenvalue weighted by molar-refractivity contribution is 6.03. The normalized spacial score (nSPS) is 10.6. The van der Waals surface area contributed by atoms with Crippen molar-refractivity contribution in [2.75, 3.05) is 10.6 Å². The minimum atomic E-state index is -0.859. The molecule has 7 heteroatoms. The zero-order chi connectivity index (χ0) is 19.6. The third-order valence-electron chi connectivity index (χ3n) is 3.92. The molecular weight excluding hydrogens is 350 g/mol. The van der Waals surface area contributed by atoms with E-state index in [0.29, 0.717) is 5.69 Å². The Morgan fingerprint density at radius 3 is 2.33 bits per heavy atom. The second kappa shape index (κ2) is 7.49. The minimum absolute atomic E-state index is 0.00239. The van der Waals surface area contributed by atoms with Crippen LogP contribution in [0.25, 0.3) is 0 Å². The summed E-state index contributed by atoms with van der Waals surface area (Å²) in [6.45, 7) is 5.64. The van der Waals surface area contributed by atoms with Crippen LogP contribution < -0.4 is 10.6 Å². The number of nitrogens with one attached hydrogen (secondary N) is 2. The molecule has 0 fully saturated rings. The molecule has 2 aromatic carbocycles. The van der Waals surface area contributed by atoms with Gasteiger partial charge in [0, 0.05) is 11.4 Å². The van der Waals surface area contributed by atoms with E-state index in [1.807, 2.05) is 32.0 Å². The van der Waals surface area contributed by atoms with Crippen molar-refractivity contribution in [3.63, 3.8) is 0 Å². The number of aryl methyl sites for hydroxylation is 3. The number of hydrogen-bond acceptors (Lipinski definition) is 4. The summed E-state index contributed by atoms with van der Waals surface area (Å²) < 4.78 is 27.5. The van der Waals surface area contributed by atoms with Crippen LogP contribution >= 0.6 is 0 Å². The zero-order valence-electron chi connectivity index (χ0n) is 15.1. The second-order valence-corrected chi connectivity index (χ2v) is 6.21. The number of carbonyl (C=O) groups excluding carboxylic acids is 1. The number of anilines is 3. The van der Waals surface area contributed by atoms with Gasteiger partial charge in [0.05, 0.1) is 0 Å². The standard InChI is InChI=1S/C20H18F2N4O/c1-11-7-8-16(12(2)9-11)24-20-23-13(3)10-17(25-20)19(27)26-18-14(21)5-4-6-15(18)22/h4-10H,1-3H3,(H,26,27)(H,23,24,25). The molecule has 0 saturated carbocycles. The van der Waals surface area contributed by atoms with Crippen molar-refractivity contribution >= 4 is 23.2 Å². The summed E-state index contributed by atoms with van der Waals surface area (Å²) in [6, 6.07) is 10.6. The fourth-order valence-corrected chi connectivity index (χ4v) is 2.61. The van der Waals surface area contributed by atoms with Gasteiger partial charge in [0.1, 0.15) is 23.0 Å². The van der Waals surface area contributed by atoms with E-state index in [9.17, 15) is 13.6 Å². The van der Waals surface area contributed by atoms with Gasteiger partial charge in [0.2, 0.25) is 5.95 Å². The van der Waals surface area contributed by atoms with Gasteiger partial charge in [-0.25, -0.2) is 18.7 Å². The number of halogens is 2. The van der Waals surface area contributed by atoms with E-state index in [-0.39, 0.29) is 11.6 Å². The van der Waals surface area contributed by atoms with Crippen molar-refractivity contribution in [1.82, 2.24) is 9.97 Å². The number of rotatable bonds is 4. The monoisotopic (exact) mass is 368 g/mol. The van der Waals surface area contributed by atoms with Gasteiger partial charge in [-0.1, -0.05) is 23.8 Å². The molecule has 0 radical (unpaired) electrons. The van der Waals surface area contributed by atoms with Crippen LogP contribution in [-0.2, 0) is 0 Å². The molecule has 0 spiro atoms. The third kappa shape index (κ3) is 4.25. The van der Waals surface area contributed by atoms with E-state index in [1.54, 1.807) is 6.92 Å². The van der Waals surface area contributed by atoms with Gasteiger partial charge in [-0.05, 0) is 50.6 Å². The van der Waals surface area contributed by atoms with Crippen LogP contribution in [0.5, 0.6) is 0 Å². The molecule has 0 unspecified atom stereocenters. The summed E-state index contributed by atoms with van der Waals surface area (Å²) in [7, 11) is 0. The summed E-state index contributed by atoms with van der Waals surface area (Å²) in [5.41, 5.74) is 2.95. The largest absolute Gasteiger partial charge is 0.324 e. The van der Waals surface area contributed by atoms with Crippen LogP contribution in [-0.4, -0.2) is 15.9 Å². The first-order valence-electron chi connectivity index (χ1n) is 8.29. The highest BCUT2D eigenvalue weighted by Crippen LogP contribution is 2.21. The van der Waals surface area contributed by atoms with Gasteiger partial charge >= 0.3 is 0 Å². The fourth-order valence-electron chi connectivity index (χ4n) is 2.61. The van der Waals surface area contributed by atoms with Crippen LogP contribution in [0.2, 0.25) is 0 Å². The summed E-state index contributed by atoms with van der Waals surface area (Å²) in [6.07, 6.45) is 0. The topological polar surface area (TPSA) is 66.9 Å². The highest BCUT2D eigenvalue weighted by Gasteiger charge is 2.16. The predicted molar refractivity (Wildman–Crippen MR) is 100 cm³/mol. The smallest absolute Gasteiger partial charge is 0.274 e. The fraction of sp³-hybridized carbons (Fsp3) is 0.150. The quantitative estimate of drug-likeness (QED) is 0.702. The maximum Gasteiger partial charge on any atom is 0.274 e. The molecule has 3 aromatic rings. The van der Waals surface area contributed by atoms with E-state index in [1.165, 1.54) is 12.1 Å². The number of para-hydroxylation sites is 1. The lowest BCUT2D eigenvalue weighted by Crippen LogP contribution is -2.17. The summed E-state index contributed by atoms with van der Waals surface area (Å²) in [5.74, 6) is -2.22. The minimum Gasteiger partial charge on any atom is -0.324 e. The Morgan fingerprint density at radius 1 is 0.963 bits per heavy atom. The van der Waals surface area contributed by atoms with E-state index in [2.05, 4.69) is 20.6 Å². The van der Waals surface area contributed by atoms with Crippen LogP contribution in [0.3, 0.4) is 0 Å². The average molecular weight is 368 g/mol. The number of amides is 1. The van der Waals surface area contributed by atoms with E-state index in [0.717, 1.165) is 28.9 Å². The molecule has 0 aliphatic carbocycles. The number of benzene rings is 2. The lowest BCUT2D eigenvalue weighted by atomic mass is 10.1. The van der Waals surface area contributed by atoms with Crippen molar-refractivity contribution in [3.8, 4) is 0 Å². The number of aromatic nitrogens is 2. The van der Waals surface area contributed by atoms with Gasteiger partial charge in [0.15, 0.2) is 0 Å². The zero-order valence-corrected chi connectivity index (χ0v) is 15.1. The van der Waals surface area contributed by atoms with Gasteiger partial charge in [-0.15, -0.1) is 0 Å². The van der Waals surface area contributed by atoms with Crippen LogP contribution in [0.4, 0.5) is 26.1 Å². The van der Waals surface area contributed by atoms with Crippen molar-refractivity contribution < 1.29 is 13.6 Å². The highest BCUT2D eigenvalue weighted by atomic mass is 19.1. The number of nitrogens with zero attached hydrogens (tertiary/aromatic N) is 2. The van der Waals surface area contributed by atoms with Crippen LogP contribution in [0.15, 0.2) is 42.5 Å².